The number of hydrogen-bond donors (Lipinski definition) is 3. The molecule has 6 atom stereocenters. The lowest BCUT2D eigenvalue weighted by molar-refractivity contribution is -0.126. The van der Waals surface area contributed by atoms with Crippen LogP contribution in [0.15, 0.2) is 42.5 Å². The minimum atomic E-state index is -0.951. The molecule has 0 radical (unpaired) electrons. The van der Waals surface area contributed by atoms with Gasteiger partial charge in [-0.15, -0.1) is 0 Å². The Balaban J connectivity index is 1.29. The predicted molar refractivity (Wildman–Crippen MR) is 151 cm³/mol. The van der Waals surface area contributed by atoms with Gasteiger partial charge in [-0.2, -0.15) is 4.98 Å². The van der Waals surface area contributed by atoms with Crippen molar-refractivity contribution in [2.75, 3.05) is 18.6 Å². The van der Waals surface area contributed by atoms with Crippen LogP contribution in [0.2, 0.25) is 0 Å². The second-order valence-corrected chi connectivity index (χ2v) is 11.7. The highest BCUT2D eigenvalue weighted by atomic mass is 16.5. The van der Waals surface area contributed by atoms with E-state index in [1.165, 1.54) is 32.4 Å². The minimum Gasteiger partial charge on any atom is -0.481 e. The lowest BCUT2D eigenvalue weighted by Crippen LogP contribution is -2.47. The maximum absolute atomic E-state index is 13.5. The number of nitrogens with zero attached hydrogens (tertiary/aromatic N) is 2. The molecule has 1 aliphatic heterocycles. The molecule has 3 aliphatic rings. The standard InChI is InChI=1S/C31H40N4O5/c1-19(30(38)32-24-16-21-10-11-22(24)14-21)13-26(36)25(15-20-7-4-3-5-8-20)33-31(39)23-17-27(34-28(18-23)40-2)35-12-6-9-29(35)37/h3-5,7-8,17-19,21-22,24-26,36H,6,9-16H2,1-2H3,(H,32,38)(H,33,39)/t19-,21?,22?,24?,25+,26+/m1/s1. The summed E-state index contributed by atoms with van der Waals surface area (Å²) in [7, 11) is 1.46. The Morgan fingerprint density at radius 1 is 1.18 bits per heavy atom. The molecular formula is C31H40N4O5. The van der Waals surface area contributed by atoms with Gasteiger partial charge >= 0.3 is 0 Å². The van der Waals surface area contributed by atoms with Gasteiger partial charge in [0.2, 0.25) is 17.7 Å². The average molecular weight is 549 g/mol. The van der Waals surface area contributed by atoms with E-state index in [9.17, 15) is 19.5 Å². The van der Waals surface area contributed by atoms with E-state index in [2.05, 4.69) is 15.6 Å². The van der Waals surface area contributed by atoms with Crippen LogP contribution in [0.3, 0.4) is 0 Å². The number of nitrogens with one attached hydrogen (secondary N) is 2. The molecule has 1 aromatic heterocycles. The van der Waals surface area contributed by atoms with Crippen molar-refractivity contribution in [2.24, 2.45) is 17.8 Å². The molecule has 3 unspecified atom stereocenters. The third-order valence-electron chi connectivity index (χ3n) is 8.80. The number of methoxy groups -OCH3 is 1. The van der Waals surface area contributed by atoms with Crippen molar-refractivity contribution in [1.82, 2.24) is 15.6 Å². The molecule has 3 fully saturated rings. The fourth-order valence-electron chi connectivity index (χ4n) is 6.54. The van der Waals surface area contributed by atoms with Crippen LogP contribution < -0.4 is 20.3 Å². The number of rotatable bonds is 11. The van der Waals surface area contributed by atoms with E-state index in [0.29, 0.717) is 31.1 Å². The molecule has 5 rings (SSSR count). The summed E-state index contributed by atoms with van der Waals surface area (Å²) in [6, 6.07) is 12.4. The van der Waals surface area contributed by atoms with E-state index < -0.39 is 24.0 Å². The average Bonchev–Trinajstić information content (AvgIpc) is 3.70. The normalized spacial score (nSPS) is 24.0. The van der Waals surface area contributed by atoms with Crippen LogP contribution in [0.5, 0.6) is 5.88 Å². The van der Waals surface area contributed by atoms with Crippen LogP contribution in [-0.4, -0.2) is 59.7 Å². The number of aliphatic hydroxyl groups is 1. The lowest BCUT2D eigenvalue weighted by atomic mass is 9.92. The summed E-state index contributed by atoms with van der Waals surface area (Å²) < 4.78 is 5.32. The number of aliphatic hydroxyl groups excluding tert-OH is 1. The number of carbonyl (C=O) groups excluding carboxylic acids is 3. The van der Waals surface area contributed by atoms with Gasteiger partial charge in [0.15, 0.2) is 0 Å². The summed E-state index contributed by atoms with van der Waals surface area (Å²) in [4.78, 5) is 44.8. The van der Waals surface area contributed by atoms with Gasteiger partial charge in [-0.05, 0) is 62.0 Å². The number of pyridine rings is 1. The van der Waals surface area contributed by atoms with Crippen molar-refractivity contribution in [1.29, 1.82) is 0 Å². The van der Waals surface area contributed by atoms with Crippen molar-refractivity contribution in [3.8, 4) is 5.88 Å². The summed E-state index contributed by atoms with van der Waals surface area (Å²) in [6.07, 6.45) is 5.56. The molecule has 2 aliphatic carbocycles. The van der Waals surface area contributed by atoms with Gasteiger partial charge in [-0.3, -0.25) is 19.3 Å². The first-order chi connectivity index (χ1) is 19.3. The van der Waals surface area contributed by atoms with Gasteiger partial charge in [0.25, 0.3) is 5.91 Å². The van der Waals surface area contributed by atoms with Crippen molar-refractivity contribution in [2.45, 2.75) is 76.5 Å². The molecule has 2 heterocycles. The van der Waals surface area contributed by atoms with Crippen LogP contribution in [0, 0.1) is 17.8 Å². The van der Waals surface area contributed by atoms with Crippen molar-refractivity contribution in [3.05, 3.63) is 53.6 Å². The zero-order chi connectivity index (χ0) is 28.2. The summed E-state index contributed by atoms with van der Waals surface area (Å²) in [5.74, 6) is 1.02. The first kappa shape index (κ1) is 28.1. The summed E-state index contributed by atoms with van der Waals surface area (Å²) >= 11 is 0. The van der Waals surface area contributed by atoms with E-state index in [1.807, 2.05) is 37.3 Å². The molecule has 2 saturated carbocycles. The monoisotopic (exact) mass is 548 g/mol. The lowest BCUT2D eigenvalue weighted by Gasteiger charge is -2.28. The number of fused-ring (bicyclic) bond motifs is 2. The summed E-state index contributed by atoms with van der Waals surface area (Å²) in [6.45, 7) is 2.37. The van der Waals surface area contributed by atoms with Gasteiger partial charge < -0.3 is 20.5 Å². The molecule has 2 aromatic rings. The molecular weight excluding hydrogens is 508 g/mol. The van der Waals surface area contributed by atoms with E-state index in [0.717, 1.165) is 24.3 Å². The maximum atomic E-state index is 13.5. The van der Waals surface area contributed by atoms with Gasteiger partial charge in [0.1, 0.15) is 5.82 Å². The summed E-state index contributed by atoms with van der Waals surface area (Å²) in [5, 5.41) is 17.6. The Hall–Kier alpha value is -3.46. The molecule has 9 nitrogen and oxygen atoms in total. The molecule has 3 N–H and O–H groups in total. The highest BCUT2D eigenvalue weighted by Crippen LogP contribution is 2.44. The molecule has 40 heavy (non-hydrogen) atoms. The van der Waals surface area contributed by atoms with Crippen LogP contribution in [0.25, 0.3) is 0 Å². The predicted octanol–water partition coefficient (Wildman–Crippen LogP) is 3.25. The zero-order valence-corrected chi connectivity index (χ0v) is 23.3. The molecule has 0 spiro atoms. The fourth-order valence-corrected chi connectivity index (χ4v) is 6.54. The van der Waals surface area contributed by atoms with E-state index in [1.54, 1.807) is 11.0 Å². The molecule has 3 amide bonds. The largest absolute Gasteiger partial charge is 0.481 e. The van der Waals surface area contributed by atoms with Crippen LogP contribution >= 0.6 is 0 Å². The number of amides is 3. The van der Waals surface area contributed by atoms with Crippen LogP contribution in [0.1, 0.15) is 67.8 Å². The van der Waals surface area contributed by atoms with Crippen molar-refractivity contribution < 1.29 is 24.2 Å². The van der Waals surface area contributed by atoms with E-state index >= 15 is 0 Å². The Bertz CT molecular complexity index is 1220. The third kappa shape index (κ3) is 6.46. The van der Waals surface area contributed by atoms with Crippen LogP contribution in [-0.2, 0) is 16.0 Å². The Kier molecular flexibility index (Phi) is 8.69. The summed E-state index contributed by atoms with van der Waals surface area (Å²) in [5.41, 5.74) is 1.25. The van der Waals surface area contributed by atoms with Crippen LogP contribution in [0.4, 0.5) is 5.82 Å². The highest BCUT2D eigenvalue weighted by Gasteiger charge is 2.40. The SMILES string of the molecule is COc1cc(C(=O)N[C@@H](Cc2ccccc2)[C@@H](O)C[C@@H](C)C(=O)NC2CC3CCC2C3)cc(N2CCCC2=O)n1. The maximum Gasteiger partial charge on any atom is 0.251 e. The number of carbonyl (C=O) groups is 3. The molecule has 9 heteroatoms. The second-order valence-electron chi connectivity index (χ2n) is 11.7. The number of aromatic nitrogens is 1. The quantitative estimate of drug-likeness (QED) is 0.397. The number of ether oxygens (including phenoxy) is 1. The molecule has 214 valence electrons. The molecule has 2 bridgehead atoms. The highest BCUT2D eigenvalue weighted by molar-refractivity contribution is 5.98. The second kappa shape index (κ2) is 12.4. The Morgan fingerprint density at radius 3 is 2.62 bits per heavy atom. The molecule has 1 saturated heterocycles. The zero-order valence-electron chi connectivity index (χ0n) is 23.3. The van der Waals surface area contributed by atoms with Crippen molar-refractivity contribution in [3.63, 3.8) is 0 Å². The van der Waals surface area contributed by atoms with Gasteiger partial charge in [-0.1, -0.05) is 43.7 Å². The third-order valence-corrected chi connectivity index (χ3v) is 8.80. The first-order valence-electron chi connectivity index (χ1n) is 14.5. The minimum absolute atomic E-state index is 0.0396. The number of anilines is 1. The van der Waals surface area contributed by atoms with E-state index in [-0.39, 0.29) is 35.7 Å². The van der Waals surface area contributed by atoms with E-state index in [4.69, 9.17) is 4.74 Å². The Labute approximate surface area is 235 Å². The van der Waals surface area contributed by atoms with Gasteiger partial charge in [-0.25, -0.2) is 0 Å². The van der Waals surface area contributed by atoms with Gasteiger partial charge in [0.05, 0.1) is 19.3 Å². The number of hydrogen-bond acceptors (Lipinski definition) is 6. The molecule has 1 aromatic carbocycles. The van der Waals surface area contributed by atoms with Gasteiger partial charge in [0, 0.05) is 36.6 Å². The number of benzene rings is 1. The smallest absolute Gasteiger partial charge is 0.251 e. The fraction of sp³-hybridized carbons (Fsp3) is 0.548. The first-order valence-corrected chi connectivity index (χ1v) is 14.5. The topological polar surface area (TPSA) is 121 Å². The Morgan fingerprint density at radius 2 is 1.98 bits per heavy atom. The van der Waals surface area contributed by atoms with Crippen molar-refractivity contribution >= 4 is 23.5 Å².